The second-order valence-corrected chi connectivity index (χ2v) is 3.66. The lowest BCUT2D eigenvalue weighted by Crippen LogP contribution is -2.09. The summed E-state index contributed by atoms with van der Waals surface area (Å²) in [5, 5.41) is 0. The van der Waals surface area contributed by atoms with Crippen LogP contribution in [0.2, 0.25) is 0 Å². The summed E-state index contributed by atoms with van der Waals surface area (Å²) in [5.41, 5.74) is 8.62. The molecule has 1 aromatic carbocycles. The molecule has 0 bridgehead atoms. The molecule has 0 unspecified atom stereocenters. The van der Waals surface area contributed by atoms with Crippen LogP contribution in [-0.2, 0) is 0 Å². The first-order valence-corrected chi connectivity index (χ1v) is 5.06. The summed E-state index contributed by atoms with van der Waals surface area (Å²) >= 11 is 0. The molecule has 0 saturated heterocycles. The van der Waals surface area contributed by atoms with Gasteiger partial charge in [-0.05, 0) is 18.9 Å². The smallest absolute Gasteiger partial charge is 0.0294 e. The van der Waals surface area contributed by atoms with E-state index in [-0.39, 0.29) is 18.4 Å². The topological polar surface area (TPSA) is 26.0 Å². The number of unbranched alkanes of at least 4 members (excludes halogenated alkanes) is 1. The van der Waals surface area contributed by atoms with Gasteiger partial charge in [0.1, 0.15) is 0 Å². The number of halogens is 1. The third-order valence-corrected chi connectivity index (χ3v) is 2.34. The van der Waals surface area contributed by atoms with E-state index < -0.39 is 0 Å². The first-order valence-electron chi connectivity index (χ1n) is 5.06. The number of rotatable bonds is 4. The molecule has 0 spiro atoms. The van der Waals surface area contributed by atoms with Gasteiger partial charge in [0, 0.05) is 6.04 Å². The lowest BCUT2D eigenvalue weighted by molar-refractivity contribution is 0.603. The lowest BCUT2D eigenvalue weighted by Gasteiger charge is -2.11. The normalized spacial score (nSPS) is 11.9. The number of benzene rings is 1. The van der Waals surface area contributed by atoms with Gasteiger partial charge in [-0.1, -0.05) is 49.6 Å². The fourth-order valence-electron chi connectivity index (χ4n) is 1.49. The second kappa shape index (κ2) is 6.86. The van der Waals surface area contributed by atoms with Crippen LogP contribution < -0.4 is 5.73 Å². The quantitative estimate of drug-likeness (QED) is 0.813. The van der Waals surface area contributed by atoms with Crippen LogP contribution in [0.4, 0.5) is 0 Å². The Morgan fingerprint density at radius 3 is 2.64 bits per heavy atom. The maximum absolute atomic E-state index is 6.05. The summed E-state index contributed by atoms with van der Waals surface area (Å²) in [7, 11) is 0. The molecule has 0 aliphatic carbocycles. The Morgan fingerprint density at radius 1 is 1.36 bits per heavy atom. The third-order valence-electron chi connectivity index (χ3n) is 2.34. The van der Waals surface area contributed by atoms with Gasteiger partial charge in [0.15, 0.2) is 0 Å². The zero-order chi connectivity index (χ0) is 9.68. The van der Waals surface area contributed by atoms with Gasteiger partial charge in [-0.2, -0.15) is 0 Å². The van der Waals surface area contributed by atoms with Gasteiger partial charge in [-0.3, -0.25) is 0 Å². The minimum absolute atomic E-state index is 0. The number of aryl methyl sites for hydroxylation is 1. The van der Waals surface area contributed by atoms with Gasteiger partial charge in [0.2, 0.25) is 0 Å². The van der Waals surface area contributed by atoms with Crippen LogP contribution in [-0.4, -0.2) is 0 Å². The molecule has 2 N–H and O–H groups in total. The standard InChI is InChI=1S/C12H19N.ClH/c1-3-4-8-12(13)11-7-5-6-10(2)9-11;/h5-7,9,12H,3-4,8,13H2,1-2H3;1H/t12-;/m1./s1. The highest BCUT2D eigenvalue weighted by molar-refractivity contribution is 5.85. The Hall–Kier alpha value is -0.530. The van der Waals surface area contributed by atoms with Crippen molar-refractivity contribution in [2.24, 2.45) is 5.73 Å². The molecule has 1 aromatic rings. The van der Waals surface area contributed by atoms with Crippen LogP contribution in [0.25, 0.3) is 0 Å². The van der Waals surface area contributed by atoms with E-state index in [1.54, 1.807) is 0 Å². The predicted molar refractivity (Wildman–Crippen MR) is 64.9 cm³/mol. The molecule has 0 aromatic heterocycles. The summed E-state index contributed by atoms with van der Waals surface area (Å²) < 4.78 is 0. The summed E-state index contributed by atoms with van der Waals surface area (Å²) in [6.07, 6.45) is 3.54. The Labute approximate surface area is 93.1 Å². The Bertz CT molecular complexity index is 260. The van der Waals surface area contributed by atoms with Crippen LogP contribution in [0.1, 0.15) is 43.4 Å². The van der Waals surface area contributed by atoms with Gasteiger partial charge < -0.3 is 5.73 Å². The molecule has 0 aliphatic rings. The van der Waals surface area contributed by atoms with Crippen LogP contribution >= 0.6 is 12.4 Å². The van der Waals surface area contributed by atoms with Gasteiger partial charge in [0.25, 0.3) is 0 Å². The average Bonchev–Trinajstić information content (AvgIpc) is 2.14. The second-order valence-electron chi connectivity index (χ2n) is 3.66. The lowest BCUT2D eigenvalue weighted by atomic mass is 10.0. The zero-order valence-electron chi connectivity index (χ0n) is 8.99. The van der Waals surface area contributed by atoms with E-state index in [0.717, 1.165) is 6.42 Å². The highest BCUT2D eigenvalue weighted by Gasteiger charge is 2.04. The minimum atomic E-state index is 0. The Balaban J connectivity index is 0.00000169. The number of nitrogens with two attached hydrogens (primary N) is 1. The molecule has 80 valence electrons. The Morgan fingerprint density at radius 2 is 2.07 bits per heavy atom. The maximum atomic E-state index is 6.05. The van der Waals surface area contributed by atoms with Crippen molar-refractivity contribution in [3.8, 4) is 0 Å². The molecule has 2 heteroatoms. The number of hydrogen-bond acceptors (Lipinski definition) is 1. The molecule has 14 heavy (non-hydrogen) atoms. The van der Waals surface area contributed by atoms with Gasteiger partial charge in [-0.15, -0.1) is 12.4 Å². The van der Waals surface area contributed by atoms with Crippen LogP contribution in [0.15, 0.2) is 24.3 Å². The molecule has 0 radical (unpaired) electrons. The van der Waals surface area contributed by atoms with E-state index in [1.807, 2.05) is 0 Å². The van der Waals surface area contributed by atoms with E-state index in [4.69, 9.17) is 5.73 Å². The molecule has 0 aliphatic heterocycles. The van der Waals surface area contributed by atoms with Crippen LogP contribution in [0, 0.1) is 6.92 Å². The summed E-state index contributed by atoms with van der Waals surface area (Å²) in [5.74, 6) is 0. The molecule has 1 nitrogen and oxygen atoms in total. The third kappa shape index (κ3) is 4.12. The Kier molecular flexibility index (Phi) is 6.60. The summed E-state index contributed by atoms with van der Waals surface area (Å²) in [6.45, 7) is 4.30. The van der Waals surface area contributed by atoms with Crippen molar-refractivity contribution in [1.29, 1.82) is 0 Å². The molecular formula is C12H20ClN. The summed E-state index contributed by atoms with van der Waals surface area (Å²) in [6, 6.07) is 8.71. The molecule has 0 saturated carbocycles. The monoisotopic (exact) mass is 213 g/mol. The van der Waals surface area contributed by atoms with Crippen molar-refractivity contribution in [3.05, 3.63) is 35.4 Å². The van der Waals surface area contributed by atoms with Crippen molar-refractivity contribution in [2.45, 2.75) is 39.2 Å². The van der Waals surface area contributed by atoms with Crippen LogP contribution in [0.5, 0.6) is 0 Å². The van der Waals surface area contributed by atoms with Crippen molar-refractivity contribution in [1.82, 2.24) is 0 Å². The van der Waals surface area contributed by atoms with Crippen molar-refractivity contribution < 1.29 is 0 Å². The molecule has 1 rings (SSSR count). The molecule has 1 atom stereocenters. The van der Waals surface area contributed by atoms with Crippen molar-refractivity contribution in [3.63, 3.8) is 0 Å². The highest BCUT2D eigenvalue weighted by atomic mass is 35.5. The van der Waals surface area contributed by atoms with E-state index in [0.29, 0.717) is 0 Å². The van der Waals surface area contributed by atoms with Gasteiger partial charge >= 0.3 is 0 Å². The van der Waals surface area contributed by atoms with Crippen molar-refractivity contribution >= 4 is 12.4 Å². The molecular weight excluding hydrogens is 194 g/mol. The van der Waals surface area contributed by atoms with E-state index in [1.165, 1.54) is 24.0 Å². The highest BCUT2D eigenvalue weighted by Crippen LogP contribution is 2.17. The van der Waals surface area contributed by atoms with Crippen LogP contribution in [0.3, 0.4) is 0 Å². The van der Waals surface area contributed by atoms with E-state index in [9.17, 15) is 0 Å². The van der Waals surface area contributed by atoms with Gasteiger partial charge in [0.05, 0.1) is 0 Å². The molecule has 0 fully saturated rings. The fourth-order valence-corrected chi connectivity index (χ4v) is 1.49. The fraction of sp³-hybridized carbons (Fsp3) is 0.500. The number of hydrogen-bond donors (Lipinski definition) is 1. The molecule has 0 heterocycles. The van der Waals surface area contributed by atoms with Crippen molar-refractivity contribution in [2.75, 3.05) is 0 Å². The largest absolute Gasteiger partial charge is 0.324 e. The average molecular weight is 214 g/mol. The first kappa shape index (κ1) is 13.5. The van der Waals surface area contributed by atoms with E-state index >= 15 is 0 Å². The molecule has 0 amide bonds. The van der Waals surface area contributed by atoms with Gasteiger partial charge in [-0.25, -0.2) is 0 Å². The minimum Gasteiger partial charge on any atom is -0.324 e. The maximum Gasteiger partial charge on any atom is 0.0294 e. The summed E-state index contributed by atoms with van der Waals surface area (Å²) in [4.78, 5) is 0. The van der Waals surface area contributed by atoms with E-state index in [2.05, 4.69) is 38.1 Å². The SMILES string of the molecule is CCCC[C@@H](N)c1cccc(C)c1.Cl. The predicted octanol–water partition coefficient (Wildman–Crippen LogP) is 3.61. The first-order chi connectivity index (χ1) is 6.24. The zero-order valence-corrected chi connectivity index (χ0v) is 9.81.